The third kappa shape index (κ3) is 6.10. The number of halogens is 1. The molecular weight excluding hydrogens is 472 g/mol. The predicted molar refractivity (Wildman–Crippen MR) is 129 cm³/mol. The number of hydrogen-bond donors (Lipinski definition) is 1. The number of ether oxygens (including phenoxy) is 1. The number of nitrogens with zero attached hydrogens (tertiary/aromatic N) is 1. The topological polar surface area (TPSA) is 92.8 Å². The van der Waals surface area contributed by atoms with E-state index in [-0.39, 0.29) is 36.1 Å². The van der Waals surface area contributed by atoms with Crippen molar-refractivity contribution in [3.63, 3.8) is 0 Å². The van der Waals surface area contributed by atoms with Gasteiger partial charge >= 0.3 is 5.97 Å². The number of anilines is 1. The summed E-state index contributed by atoms with van der Waals surface area (Å²) in [6.07, 6.45) is 0.511. The van der Waals surface area contributed by atoms with E-state index in [0.29, 0.717) is 29.6 Å². The number of carbonyl (C=O) groups is 2. The SMILES string of the molecule is CCOC(=O)c1c(NC(=O)CCS(=O)(=O)c2ccccc2)sc2c1CCN(C(C)C)C2.Cl. The molecule has 2 heterocycles. The average Bonchev–Trinajstić information content (AvgIpc) is 3.10. The van der Waals surface area contributed by atoms with Crippen LogP contribution in [-0.2, 0) is 32.3 Å². The maximum atomic E-state index is 12.6. The van der Waals surface area contributed by atoms with Gasteiger partial charge in [0.05, 0.1) is 22.8 Å². The Balaban J connectivity index is 0.00000363. The van der Waals surface area contributed by atoms with E-state index in [1.165, 1.54) is 23.5 Å². The van der Waals surface area contributed by atoms with Crippen LogP contribution in [0.5, 0.6) is 0 Å². The first-order valence-electron chi connectivity index (χ1n) is 10.4. The molecule has 0 aliphatic carbocycles. The highest BCUT2D eigenvalue weighted by Gasteiger charge is 2.30. The van der Waals surface area contributed by atoms with Crippen molar-refractivity contribution in [2.45, 2.75) is 51.1 Å². The summed E-state index contributed by atoms with van der Waals surface area (Å²) < 4.78 is 30.1. The van der Waals surface area contributed by atoms with Crippen molar-refractivity contribution in [2.24, 2.45) is 0 Å². The number of fused-ring (bicyclic) bond motifs is 1. The third-order valence-electron chi connectivity index (χ3n) is 5.25. The van der Waals surface area contributed by atoms with Crippen molar-refractivity contribution in [1.82, 2.24) is 4.90 Å². The Labute approximate surface area is 199 Å². The van der Waals surface area contributed by atoms with Crippen molar-refractivity contribution in [2.75, 3.05) is 24.2 Å². The molecule has 1 aromatic heterocycles. The van der Waals surface area contributed by atoms with Crippen molar-refractivity contribution < 1.29 is 22.7 Å². The van der Waals surface area contributed by atoms with E-state index in [0.717, 1.165) is 17.0 Å². The second-order valence-electron chi connectivity index (χ2n) is 7.67. The lowest BCUT2D eigenvalue weighted by atomic mass is 10.0. The Kier molecular flexibility index (Phi) is 9.27. The standard InChI is InChI=1S/C22H28N2O5S2.ClH/c1-4-29-22(26)20-17-10-12-24(15(2)3)14-18(17)30-21(20)23-19(25)11-13-31(27,28)16-8-6-5-7-9-16;/h5-9,15H,4,10-14H2,1-3H3,(H,23,25);1H. The lowest BCUT2D eigenvalue weighted by Crippen LogP contribution is -2.35. The molecule has 1 amide bonds. The molecule has 1 aromatic carbocycles. The molecule has 3 rings (SSSR count). The minimum absolute atomic E-state index is 0. The van der Waals surface area contributed by atoms with Crippen molar-refractivity contribution in [3.05, 3.63) is 46.3 Å². The third-order valence-corrected chi connectivity index (χ3v) is 8.11. The molecule has 0 saturated carbocycles. The zero-order chi connectivity index (χ0) is 22.6. The first-order valence-corrected chi connectivity index (χ1v) is 12.8. The number of esters is 1. The molecule has 32 heavy (non-hydrogen) atoms. The van der Waals surface area contributed by atoms with Gasteiger partial charge in [-0.2, -0.15) is 0 Å². The Morgan fingerprint density at radius 1 is 1.22 bits per heavy atom. The van der Waals surface area contributed by atoms with Gasteiger partial charge in [0.25, 0.3) is 0 Å². The number of benzene rings is 1. The van der Waals surface area contributed by atoms with Crippen LogP contribution >= 0.6 is 23.7 Å². The van der Waals surface area contributed by atoms with Gasteiger partial charge in [-0.15, -0.1) is 23.7 Å². The first-order chi connectivity index (χ1) is 14.7. The fourth-order valence-electron chi connectivity index (χ4n) is 3.53. The van der Waals surface area contributed by atoms with Crippen LogP contribution in [0.1, 0.15) is 48.0 Å². The van der Waals surface area contributed by atoms with Crippen LogP contribution in [0.25, 0.3) is 0 Å². The molecule has 176 valence electrons. The Hall–Kier alpha value is -1.94. The van der Waals surface area contributed by atoms with E-state index in [2.05, 4.69) is 24.1 Å². The molecule has 0 saturated heterocycles. The monoisotopic (exact) mass is 500 g/mol. The van der Waals surface area contributed by atoms with Crippen LogP contribution in [0.4, 0.5) is 5.00 Å². The summed E-state index contributed by atoms with van der Waals surface area (Å²) in [5.41, 5.74) is 1.33. The fourth-order valence-corrected chi connectivity index (χ4v) is 6.07. The minimum Gasteiger partial charge on any atom is -0.462 e. The smallest absolute Gasteiger partial charge is 0.341 e. The molecule has 10 heteroatoms. The Bertz CT molecular complexity index is 1050. The predicted octanol–water partition coefficient (Wildman–Crippen LogP) is 3.92. The molecule has 1 aliphatic heterocycles. The summed E-state index contributed by atoms with van der Waals surface area (Å²) in [6, 6.07) is 8.44. The van der Waals surface area contributed by atoms with Crippen LogP contribution < -0.4 is 5.32 Å². The van der Waals surface area contributed by atoms with E-state index in [4.69, 9.17) is 4.74 Å². The maximum absolute atomic E-state index is 12.6. The minimum atomic E-state index is -3.56. The van der Waals surface area contributed by atoms with Gasteiger partial charge in [-0.05, 0) is 44.9 Å². The summed E-state index contributed by atoms with van der Waals surface area (Å²) in [5.74, 6) is -1.20. The van der Waals surface area contributed by atoms with Crippen LogP contribution in [0.15, 0.2) is 35.2 Å². The number of rotatable bonds is 8. The number of nitrogens with one attached hydrogen (secondary N) is 1. The number of sulfone groups is 1. The highest BCUT2D eigenvalue weighted by atomic mass is 35.5. The Morgan fingerprint density at radius 3 is 2.53 bits per heavy atom. The van der Waals surface area contributed by atoms with E-state index in [9.17, 15) is 18.0 Å². The quantitative estimate of drug-likeness (QED) is 0.552. The molecule has 1 N–H and O–H groups in total. The van der Waals surface area contributed by atoms with Gasteiger partial charge in [-0.3, -0.25) is 9.69 Å². The van der Waals surface area contributed by atoms with Crippen molar-refractivity contribution >= 4 is 50.5 Å². The van der Waals surface area contributed by atoms with Crippen molar-refractivity contribution in [3.8, 4) is 0 Å². The molecule has 0 spiro atoms. The molecular formula is C22H29ClN2O5S2. The van der Waals surface area contributed by atoms with Gasteiger partial charge < -0.3 is 10.1 Å². The molecule has 2 aromatic rings. The average molecular weight is 501 g/mol. The molecule has 0 radical (unpaired) electrons. The molecule has 0 unspecified atom stereocenters. The summed E-state index contributed by atoms with van der Waals surface area (Å²) >= 11 is 1.37. The van der Waals surface area contributed by atoms with Crippen LogP contribution in [0.3, 0.4) is 0 Å². The summed E-state index contributed by atoms with van der Waals surface area (Å²) in [5, 5.41) is 3.21. The summed E-state index contributed by atoms with van der Waals surface area (Å²) in [6.45, 7) is 7.77. The Morgan fingerprint density at radius 2 is 1.91 bits per heavy atom. The normalized spacial score (nSPS) is 13.9. The first kappa shape index (κ1) is 26.3. The highest BCUT2D eigenvalue weighted by molar-refractivity contribution is 7.91. The lowest BCUT2D eigenvalue weighted by Gasteiger charge is -2.30. The van der Waals surface area contributed by atoms with E-state index < -0.39 is 21.7 Å². The van der Waals surface area contributed by atoms with Crippen molar-refractivity contribution in [1.29, 1.82) is 0 Å². The zero-order valence-electron chi connectivity index (χ0n) is 18.4. The van der Waals surface area contributed by atoms with Gasteiger partial charge in [0, 0.05) is 30.4 Å². The second-order valence-corrected chi connectivity index (χ2v) is 10.9. The summed E-state index contributed by atoms with van der Waals surface area (Å²) in [7, 11) is -3.56. The van der Waals surface area contributed by atoms with E-state index in [1.807, 2.05) is 0 Å². The van der Waals surface area contributed by atoms with Gasteiger partial charge in [-0.25, -0.2) is 13.2 Å². The second kappa shape index (κ2) is 11.3. The van der Waals surface area contributed by atoms with E-state index >= 15 is 0 Å². The van der Waals surface area contributed by atoms with Gasteiger partial charge in [0.15, 0.2) is 9.84 Å². The van der Waals surface area contributed by atoms with Gasteiger partial charge in [0.2, 0.25) is 5.91 Å². The fraction of sp³-hybridized carbons (Fsp3) is 0.455. The zero-order valence-corrected chi connectivity index (χ0v) is 20.9. The number of hydrogen-bond acceptors (Lipinski definition) is 7. The van der Waals surface area contributed by atoms with E-state index in [1.54, 1.807) is 25.1 Å². The number of amides is 1. The number of thiophene rings is 1. The largest absolute Gasteiger partial charge is 0.462 e. The van der Waals surface area contributed by atoms with Gasteiger partial charge in [0.1, 0.15) is 5.00 Å². The summed E-state index contributed by atoms with van der Waals surface area (Å²) in [4.78, 5) is 28.7. The molecule has 7 nitrogen and oxygen atoms in total. The lowest BCUT2D eigenvalue weighted by molar-refractivity contribution is -0.115. The number of carbonyl (C=O) groups excluding carboxylic acids is 2. The molecule has 0 fully saturated rings. The van der Waals surface area contributed by atoms with Crippen LogP contribution in [0.2, 0.25) is 0 Å². The molecule has 0 bridgehead atoms. The molecule has 1 aliphatic rings. The maximum Gasteiger partial charge on any atom is 0.341 e. The van der Waals surface area contributed by atoms with Crippen LogP contribution in [0, 0.1) is 0 Å². The highest BCUT2D eigenvalue weighted by Crippen LogP contribution is 2.38. The molecule has 0 atom stereocenters. The van der Waals surface area contributed by atoms with Crippen LogP contribution in [-0.4, -0.2) is 50.1 Å². The van der Waals surface area contributed by atoms with Gasteiger partial charge in [-0.1, -0.05) is 18.2 Å².